The number of rotatable bonds is 13. The third-order valence-electron chi connectivity index (χ3n) is 7.27. The van der Waals surface area contributed by atoms with Crippen LogP contribution in [0.15, 0.2) is 98.9 Å². The fraction of sp³-hybridized carbons (Fsp3) is 0.412. The van der Waals surface area contributed by atoms with Crippen molar-refractivity contribution in [2.24, 2.45) is 21.8 Å². The van der Waals surface area contributed by atoms with Crippen molar-refractivity contribution in [3.63, 3.8) is 0 Å². The molecule has 1 aromatic carbocycles. The highest BCUT2D eigenvalue weighted by atomic mass is 28.3. The molecule has 2 rings (SSSR count). The van der Waals surface area contributed by atoms with E-state index >= 15 is 0 Å². The Kier molecular flexibility index (Phi) is 11.5. The number of allylic oxidation sites excluding steroid dienone is 8. The van der Waals surface area contributed by atoms with Crippen LogP contribution in [0.5, 0.6) is 0 Å². The molecule has 3 heteroatoms. The van der Waals surface area contributed by atoms with E-state index in [1.165, 1.54) is 21.9 Å². The van der Waals surface area contributed by atoms with Crippen LogP contribution < -0.4 is 0 Å². The zero-order valence-corrected chi connectivity index (χ0v) is 25.1. The monoisotopic (exact) mass is 510 g/mol. The first-order valence-corrected chi connectivity index (χ1v) is 17.0. The van der Waals surface area contributed by atoms with Gasteiger partial charge in [0.25, 0.3) is 0 Å². The average Bonchev–Trinajstić information content (AvgIpc) is 2.86. The predicted octanol–water partition coefficient (Wildman–Crippen LogP) is 9.49. The summed E-state index contributed by atoms with van der Waals surface area (Å²) in [5.74, 6) is 3.76. The predicted molar refractivity (Wildman–Crippen MR) is 168 cm³/mol. The van der Waals surface area contributed by atoms with Crippen LogP contribution in [0.25, 0.3) is 0 Å². The molecule has 0 heterocycles. The molecule has 0 bridgehead atoms. The van der Waals surface area contributed by atoms with E-state index < -0.39 is 8.07 Å². The lowest BCUT2D eigenvalue weighted by Crippen LogP contribution is -2.24. The normalized spacial score (nSPS) is 19.0. The number of aliphatic imine (C=N–C) groups is 2. The van der Waals surface area contributed by atoms with Crippen LogP contribution in [0.4, 0.5) is 0 Å². The summed E-state index contributed by atoms with van der Waals surface area (Å²) in [6.07, 6.45) is 18.4. The summed E-state index contributed by atoms with van der Waals surface area (Å²) in [5.41, 5.74) is 7.22. The molecule has 0 aromatic heterocycles. The topological polar surface area (TPSA) is 24.7 Å². The van der Waals surface area contributed by atoms with Crippen LogP contribution in [0, 0.1) is 24.2 Å². The Hall–Kier alpha value is -2.96. The Labute approximate surface area is 227 Å². The molecule has 2 nitrogen and oxygen atoms in total. The van der Waals surface area contributed by atoms with Crippen molar-refractivity contribution in [1.82, 2.24) is 0 Å². The first kappa shape index (κ1) is 30.3. The fourth-order valence-corrected chi connectivity index (χ4v) is 6.10. The molecule has 1 aliphatic carbocycles. The molecular weight excluding hydrogens is 464 g/mol. The smallest absolute Gasteiger partial charge is 0.0744 e. The standard InChI is InChI=1S/C34H46N2Si/c1-11-28(29-19-14-13-15-20-29)22-31(25(3)4)33(12-2)36-34-23-32(27(34)6)26(5)18-16-17-21-30(24-35-7)37(8,9)10/h1,13-16,18-20,23-24,27-28,32H,5,7,12,17,21-22H2,2-4,6,8-10H3/b18-16-,30-24+,36-33-. The highest BCUT2D eigenvalue weighted by Gasteiger charge is 2.30. The van der Waals surface area contributed by atoms with Gasteiger partial charge in [0, 0.05) is 35.4 Å². The molecule has 0 aliphatic heterocycles. The molecule has 0 fully saturated rings. The van der Waals surface area contributed by atoms with Crippen molar-refractivity contribution < 1.29 is 0 Å². The van der Waals surface area contributed by atoms with E-state index in [0.29, 0.717) is 11.8 Å². The minimum atomic E-state index is -1.36. The van der Waals surface area contributed by atoms with E-state index in [2.05, 4.69) is 114 Å². The van der Waals surface area contributed by atoms with Gasteiger partial charge in [-0.15, -0.1) is 6.42 Å². The van der Waals surface area contributed by atoms with Gasteiger partial charge in [-0.3, -0.25) is 9.98 Å². The summed E-state index contributed by atoms with van der Waals surface area (Å²) < 4.78 is 0. The molecule has 0 N–H and O–H groups in total. The van der Waals surface area contributed by atoms with E-state index in [4.69, 9.17) is 11.4 Å². The molecule has 0 radical (unpaired) electrons. The maximum absolute atomic E-state index is 5.96. The van der Waals surface area contributed by atoms with Crippen LogP contribution in [0.2, 0.25) is 19.6 Å². The molecular formula is C34H46N2Si. The minimum Gasteiger partial charge on any atom is -0.273 e. The summed E-state index contributed by atoms with van der Waals surface area (Å²) in [4.78, 5) is 9.17. The van der Waals surface area contributed by atoms with Gasteiger partial charge in [0.1, 0.15) is 0 Å². The molecule has 0 saturated carbocycles. The number of hydrogen-bond acceptors (Lipinski definition) is 2. The Morgan fingerprint density at radius 3 is 2.38 bits per heavy atom. The summed E-state index contributed by atoms with van der Waals surface area (Å²) >= 11 is 0. The van der Waals surface area contributed by atoms with E-state index in [9.17, 15) is 0 Å². The van der Waals surface area contributed by atoms with Crippen LogP contribution in [-0.4, -0.2) is 20.5 Å². The van der Waals surface area contributed by atoms with Crippen molar-refractivity contribution in [3.05, 3.63) is 94.5 Å². The number of terminal acetylenes is 1. The SMILES string of the molecule is C#CC(CC(=C(C)C)/C(CC)=N\C1=CC(C(=C)/C=C\CC/C(=C\N=C)[Si](C)(C)C)C1C)c1ccccc1. The minimum absolute atomic E-state index is 0.0480. The first-order chi connectivity index (χ1) is 17.5. The number of hydrogen-bond donors (Lipinski definition) is 0. The largest absolute Gasteiger partial charge is 0.273 e. The van der Waals surface area contributed by atoms with Gasteiger partial charge in [0.2, 0.25) is 0 Å². The number of nitrogens with zero attached hydrogens (tertiary/aromatic N) is 2. The molecule has 1 aliphatic rings. The molecule has 3 atom stereocenters. The second-order valence-electron chi connectivity index (χ2n) is 11.2. The second-order valence-corrected chi connectivity index (χ2v) is 16.4. The van der Waals surface area contributed by atoms with E-state index in [-0.39, 0.29) is 5.92 Å². The fourth-order valence-electron chi connectivity index (χ4n) is 4.73. The zero-order chi connectivity index (χ0) is 27.6. The molecule has 0 spiro atoms. The van der Waals surface area contributed by atoms with E-state index in [1.807, 2.05) is 12.3 Å². The molecule has 37 heavy (non-hydrogen) atoms. The van der Waals surface area contributed by atoms with E-state index in [0.717, 1.165) is 42.7 Å². The van der Waals surface area contributed by atoms with E-state index in [1.54, 1.807) is 0 Å². The zero-order valence-electron chi connectivity index (χ0n) is 24.1. The van der Waals surface area contributed by atoms with Gasteiger partial charge in [-0.1, -0.05) is 105 Å². The summed E-state index contributed by atoms with van der Waals surface area (Å²) in [5, 5.41) is 1.45. The maximum Gasteiger partial charge on any atom is 0.0744 e. The third-order valence-corrected chi connectivity index (χ3v) is 9.57. The summed E-state index contributed by atoms with van der Waals surface area (Å²) in [6, 6.07) is 10.4. The van der Waals surface area contributed by atoms with Gasteiger partial charge in [0.15, 0.2) is 0 Å². The third kappa shape index (κ3) is 8.54. The van der Waals surface area contributed by atoms with Crippen molar-refractivity contribution >= 4 is 20.5 Å². The summed E-state index contributed by atoms with van der Waals surface area (Å²) in [6.45, 7) is 23.9. The first-order valence-electron chi connectivity index (χ1n) is 13.5. The molecule has 0 amide bonds. The lowest BCUT2D eigenvalue weighted by molar-refractivity contribution is 0.488. The Balaban J connectivity index is 2.11. The lowest BCUT2D eigenvalue weighted by Gasteiger charge is -2.32. The van der Waals surface area contributed by atoms with Crippen molar-refractivity contribution in [3.8, 4) is 12.3 Å². The highest BCUT2D eigenvalue weighted by molar-refractivity contribution is 6.83. The number of benzene rings is 1. The van der Waals surface area contributed by atoms with Gasteiger partial charge in [-0.2, -0.15) is 0 Å². The second kappa shape index (κ2) is 14.1. The van der Waals surface area contributed by atoms with Gasteiger partial charge in [-0.05, 0) is 63.0 Å². The van der Waals surface area contributed by atoms with Gasteiger partial charge in [-0.25, -0.2) is 0 Å². The highest BCUT2D eigenvalue weighted by Crippen LogP contribution is 2.40. The molecule has 196 valence electrons. The van der Waals surface area contributed by atoms with Crippen LogP contribution in [0.1, 0.15) is 64.9 Å². The lowest BCUT2D eigenvalue weighted by atomic mass is 9.75. The quantitative estimate of drug-likeness (QED) is 0.109. The molecule has 3 unspecified atom stereocenters. The van der Waals surface area contributed by atoms with Crippen molar-refractivity contribution in [2.45, 2.75) is 78.9 Å². The Bertz CT molecular complexity index is 1140. The summed E-state index contributed by atoms with van der Waals surface area (Å²) in [7, 11) is -1.36. The molecule has 1 aromatic rings. The van der Waals surface area contributed by atoms with Crippen LogP contribution in [-0.2, 0) is 0 Å². The molecule has 0 saturated heterocycles. The Morgan fingerprint density at radius 1 is 1.19 bits per heavy atom. The average molecular weight is 511 g/mol. The Morgan fingerprint density at radius 2 is 1.86 bits per heavy atom. The van der Waals surface area contributed by atoms with Gasteiger partial charge < -0.3 is 0 Å². The van der Waals surface area contributed by atoms with Crippen LogP contribution >= 0.6 is 0 Å². The van der Waals surface area contributed by atoms with Gasteiger partial charge >= 0.3 is 0 Å². The van der Waals surface area contributed by atoms with Crippen LogP contribution in [0.3, 0.4) is 0 Å². The van der Waals surface area contributed by atoms with Gasteiger partial charge in [0.05, 0.1) is 8.07 Å². The van der Waals surface area contributed by atoms with Crippen molar-refractivity contribution in [1.29, 1.82) is 0 Å². The maximum atomic E-state index is 5.96. The van der Waals surface area contributed by atoms with Crippen molar-refractivity contribution in [2.75, 3.05) is 0 Å².